The Morgan fingerprint density at radius 2 is 1.86 bits per heavy atom. The van der Waals surface area contributed by atoms with Crippen LogP contribution in [-0.4, -0.2) is 78.1 Å². The maximum atomic E-state index is 12.6. The van der Waals surface area contributed by atoms with Crippen LogP contribution in [0.1, 0.15) is 28.4 Å². The number of aromatic nitrogens is 1. The molecule has 1 atom stereocenters. The highest BCUT2D eigenvalue weighted by Crippen LogP contribution is 2.16. The number of carbonyl (C=O) groups excluding carboxylic acids is 1. The first-order chi connectivity index (χ1) is 13.7. The first kappa shape index (κ1) is 19.1. The van der Waals surface area contributed by atoms with Gasteiger partial charge in [-0.1, -0.05) is 30.3 Å². The molecule has 3 heterocycles. The lowest BCUT2D eigenvalue weighted by Gasteiger charge is -2.34. The van der Waals surface area contributed by atoms with Crippen molar-refractivity contribution >= 4 is 5.91 Å². The molecular weight excluding hydrogens is 356 g/mol. The molecule has 1 amide bonds. The minimum Gasteiger partial charge on any atom is -0.447 e. The van der Waals surface area contributed by atoms with E-state index < -0.39 is 0 Å². The normalized spacial score (nSPS) is 21.1. The van der Waals surface area contributed by atoms with Crippen LogP contribution in [0, 0.1) is 0 Å². The van der Waals surface area contributed by atoms with Gasteiger partial charge in [-0.15, -0.1) is 0 Å². The van der Waals surface area contributed by atoms with E-state index in [1.165, 1.54) is 11.8 Å². The number of ether oxygens (including phenoxy) is 1. The van der Waals surface area contributed by atoms with Crippen molar-refractivity contribution in [3.63, 3.8) is 0 Å². The predicted octanol–water partition coefficient (Wildman–Crippen LogP) is 1.85. The van der Waals surface area contributed by atoms with Crippen LogP contribution in [0.3, 0.4) is 0 Å². The number of hydrogen-bond donors (Lipinski definition) is 0. The van der Waals surface area contributed by atoms with Gasteiger partial charge in [0.15, 0.2) is 5.69 Å². The molecule has 0 spiro atoms. The number of oxazole rings is 1. The zero-order chi connectivity index (χ0) is 19.3. The lowest BCUT2D eigenvalue weighted by molar-refractivity contribution is 0.0705. The van der Waals surface area contributed by atoms with Gasteiger partial charge in [-0.3, -0.25) is 14.6 Å². The third kappa shape index (κ3) is 4.60. The molecule has 0 unspecified atom stereocenters. The highest BCUT2D eigenvalue weighted by Gasteiger charge is 2.27. The molecule has 2 aromatic rings. The summed E-state index contributed by atoms with van der Waals surface area (Å²) in [7, 11) is 1.81. The standard InChI is InChI=1S/C21H28N4O3/c1-23(18-7-12-27-15-18)21(26)19-16-28-20(22-19)14-25-10-8-24(9-11-25)13-17-5-3-2-4-6-17/h2-6,16,18H,7-15H2,1H3/t18-/m0/s1. The fraction of sp³-hybridized carbons (Fsp3) is 0.524. The summed E-state index contributed by atoms with van der Waals surface area (Å²) in [4.78, 5) is 23.5. The van der Waals surface area contributed by atoms with E-state index in [1.54, 1.807) is 4.90 Å². The SMILES string of the molecule is CN(C(=O)c1coc(CN2CCN(Cc3ccccc3)CC2)n1)[C@H]1CCOC1. The monoisotopic (exact) mass is 384 g/mol. The van der Waals surface area contributed by atoms with Crippen molar-refractivity contribution in [2.45, 2.75) is 25.6 Å². The maximum absolute atomic E-state index is 12.6. The van der Waals surface area contributed by atoms with Crippen LogP contribution in [0.15, 0.2) is 41.0 Å². The Labute approximate surface area is 165 Å². The number of hydrogen-bond acceptors (Lipinski definition) is 6. The molecule has 0 aliphatic carbocycles. The van der Waals surface area contributed by atoms with Crippen molar-refractivity contribution in [1.29, 1.82) is 0 Å². The molecule has 150 valence electrons. The summed E-state index contributed by atoms with van der Waals surface area (Å²) in [6, 6.07) is 10.7. The average molecular weight is 384 g/mol. The average Bonchev–Trinajstić information content (AvgIpc) is 3.41. The van der Waals surface area contributed by atoms with Gasteiger partial charge in [0.2, 0.25) is 5.89 Å². The fourth-order valence-electron chi connectivity index (χ4n) is 3.79. The van der Waals surface area contributed by atoms with E-state index in [9.17, 15) is 4.79 Å². The molecule has 28 heavy (non-hydrogen) atoms. The van der Waals surface area contributed by atoms with E-state index in [0.29, 0.717) is 31.3 Å². The Hall–Kier alpha value is -2.22. The van der Waals surface area contributed by atoms with Gasteiger partial charge < -0.3 is 14.1 Å². The third-order valence-corrected chi connectivity index (χ3v) is 5.62. The van der Waals surface area contributed by atoms with Crippen LogP contribution in [-0.2, 0) is 17.8 Å². The molecule has 7 heteroatoms. The molecular formula is C21H28N4O3. The number of benzene rings is 1. The summed E-state index contributed by atoms with van der Waals surface area (Å²) in [5, 5.41) is 0. The van der Waals surface area contributed by atoms with Crippen molar-refractivity contribution in [2.24, 2.45) is 0 Å². The number of nitrogens with zero attached hydrogens (tertiary/aromatic N) is 4. The zero-order valence-electron chi connectivity index (χ0n) is 16.4. The van der Waals surface area contributed by atoms with Crippen LogP contribution in [0.5, 0.6) is 0 Å². The van der Waals surface area contributed by atoms with Crippen LogP contribution in [0.25, 0.3) is 0 Å². The Bertz CT molecular complexity index is 765. The first-order valence-corrected chi connectivity index (χ1v) is 9.97. The minimum atomic E-state index is -0.0989. The van der Waals surface area contributed by atoms with Crippen LogP contribution in [0.4, 0.5) is 0 Å². The summed E-state index contributed by atoms with van der Waals surface area (Å²) in [5.74, 6) is 0.508. The van der Waals surface area contributed by atoms with E-state index >= 15 is 0 Å². The second-order valence-electron chi connectivity index (χ2n) is 7.60. The van der Waals surface area contributed by atoms with Crippen molar-refractivity contribution < 1.29 is 13.9 Å². The summed E-state index contributed by atoms with van der Waals surface area (Å²) < 4.78 is 10.9. The Morgan fingerprint density at radius 1 is 1.14 bits per heavy atom. The molecule has 2 saturated heterocycles. The van der Waals surface area contributed by atoms with Gasteiger partial charge in [-0.25, -0.2) is 4.98 Å². The smallest absolute Gasteiger partial charge is 0.275 e. The highest BCUT2D eigenvalue weighted by molar-refractivity contribution is 5.92. The first-order valence-electron chi connectivity index (χ1n) is 9.97. The second kappa shape index (κ2) is 8.86. The Kier molecular flexibility index (Phi) is 6.04. The largest absolute Gasteiger partial charge is 0.447 e. The molecule has 2 aliphatic rings. The second-order valence-corrected chi connectivity index (χ2v) is 7.60. The van der Waals surface area contributed by atoms with Gasteiger partial charge in [-0.05, 0) is 12.0 Å². The molecule has 2 aliphatic heterocycles. The van der Waals surface area contributed by atoms with Gasteiger partial charge in [0, 0.05) is 46.4 Å². The zero-order valence-corrected chi connectivity index (χ0v) is 16.4. The highest BCUT2D eigenvalue weighted by atomic mass is 16.5. The molecule has 7 nitrogen and oxygen atoms in total. The van der Waals surface area contributed by atoms with E-state index in [-0.39, 0.29) is 11.9 Å². The fourth-order valence-corrected chi connectivity index (χ4v) is 3.79. The molecule has 2 fully saturated rings. The van der Waals surface area contributed by atoms with Gasteiger partial charge in [0.1, 0.15) is 6.26 Å². The predicted molar refractivity (Wildman–Crippen MR) is 105 cm³/mol. The molecule has 4 rings (SSSR count). The summed E-state index contributed by atoms with van der Waals surface area (Å²) >= 11 is 0. The van der Waals surface area contributed by atoms with Crippen LogP contribution >= 0.6 is 0 Å². The molecule has 1 aromatic carbocycles. The lowest BCUT2D eigenvalue weighted by atomic mass is 10.2. The van der Waals surface area contributed by atoms with Crippen LogP contribution < -0.4 is 0 Å². The van der Waals surface area contributed by atoms with E-state index in [1.807, 2.05) is 7.05 Å². The van der Waals surface area contributed by atoms with Crippen molar-refractivity contribution in [2.75, 3.05) is 46.4 Å². The van der Waals surface area contributed by atoms with E-state index in [0.717, 1.165) is 39.1 Å². The summed E-state index contributed by atoms with van der Waals surface area (Å²) in [6.45, 7) is 6.92. The minimum absolute atomic E-state index is 0.0989. The molecule has 1 aromatic heterocycles. The summed E-state index contributed by atoms with van der Waals surface area (Å²) in [5.41, 5.74) is 1.73. The number of amides is 1. The maximum Gasteiger partial charge on any atom is 0.275 e. The third-order valence-electron chi connectivity index (χ3n) is 5.62. The number of piperazine rings is 1. The van der Waals surface area contributed by atoms with Gasteiger partial charge in [0.25, 0.3) is 5.91 Å². The molecule has 0 saturated carbocycles. The quantitative estimate of drug-likeness (QED) is 0.758. The van der Waals surface area contributed by atoms with E-state index in [4.69, 9.17) is 9.15 Å². The van der Waals surface area contributed by atoms with Gasteiger partial charge >= 0.3 is 0 Å². The number of likely N-dealkylation sites (N-methyl/N-ethyl adjacent to an activating group) is 1. The van der Waals surface area contributed by atoms with Gasteiger partial charge in [-0.2, -0.15) is 0 Å². The number of rotatable bonds is 6. The van der Waals surface area contributed by atoms with Gasteiger partial charge in [0.05, 0.1) is 19.2 Å². The Morgan fingerprint density at radius 3 is 2.54 bits per heavy atom. The van der Waals surface area contributed by atoms with Crippen LogP contribution in [0.2, 0.25) is 0 Å². The molecule has 0 bridgehead atoms. The van der Waals surface area contributed by atoms with Crippen molar-refractivity contribution in [3.8, 4) is 0 Å². The van der Waals surface area contributed by atoms with Crippen molar-refractivity contribution in [1.82, 2.24) is 19.7 Å². The van der Waals surface area contributed by atoms with E-state index in [2.05, 4.69) is 45.1 Å². The Balaban J connectivity index is 1.26. The number of carbonyl (C=O) groups is 1. The lowest BCUT2D eigenvalue weighted by Crippen LogP contribution is -2.45. The molecule has 0 radical (unpaired) electrons. The summed E-state index contributed by atoms with van der Waals surface area (Å²) in [6.07, 6.45) is 2.36. The molecule has 0 N–H and O–H groups in total. The van der Waals surface area contributed by atoms with Crippen molar-refractivity contribution in [3.05, 3.63) is 53.7 Å². The topological polar surface area (TPSA) is 62.1 Å².